The molecule has 4 N–H and O–H groups in total. The van der Waals surface area contributed by atoms with E-state index in [0.29, 0.717) is 42.8 Å². The summed E-state index contributed by atoms with van der Waals surface area (Å²) in [7, 11) is 0. The Hall–Kier alpha value is -4.47. The maximum absolute atomic E-state index is 13.2. The predicted molar refractivity (Wildman–Crippen MR) is 160 cm³/mol. The fourth-order valence-electron chi connectivity index (χ4n) is 5.48. The number of rotatable bonds is 5. The Labute approximate surface area is 246 Å². The number of aryl methyl sites for hydroxylation is 1. The van der Waals surface area contributed by atoms with Crippen molar-refractivity contribution in [3.63, 3.8) is 0 Å². The van der Waals surface area contributed by atoms with Crippen LogP contribution in [0.25, 0.3) is 11.3 Å². The van der Waals surface area contributed by atoms with Gasteiger partial charge in [0.05, 0.1) is 17.9 Å². The number of anilines is 1. The van der Waals surface area contributed by atoms with Gasteiger partial charge in [0.2, 0.25) is 0 Å². The number of carbonyl (C=O) groups is 3. The number of likely N-dealkylation sites (tertiary alicyclic amines) is 1. The fraction of sp³-hybridized carbons (Fsp3) is 0.406. The number of hydrogen-bond acceptors (Lipinski definition) is 7. The summed E-state index contributed by atoms with van der Waals surface area (Å²) in [4.78, 5) is 49.3. The fourth-order valence-corrected chi connectivity index (χ4v) is 5.48. The minimum absolute atomic E-state index is 0.0223. The van der Waals surface area contributed by atoms with Gasteiger partial charge < -0.3 is 26.0 Å². The third kappa shape index (κ3) is 6.87. The first kappa shape index (κ1) is 29.0. The Morgan fingerprint density at radius 1 is 0.976 bits per heavy atom. The highest BCUT2D eigenvalue weighted by atomic mass is 16.6. The van der Waals surface area contributed by atoms with Crippen molar-refractivity contribution >= 4 is 23.7 Å². The van der Waals surface area contributed by atoms with Crippen LogP contribution < -0.4 is 16.4 Å². The van der Waals surface area contributed by atoms with Crippen molar-refractivity contribution in [2.75, 3.05) is 18.8 Å². The second kappa shape index (κ2) is 12.2. The van der Waals surface area contributed by atoms with Gasteiger partial charge in [0.25, 0.3) is 11.8 Å². The molecule has 1 aliphatic heterocycles. The average molecular weight is 571 g/mol. The first-order chi connectivity index (χ1) is 20.1. The summed E-state index contributed by atoms with van der Waals surface area (Å²) in [5.41, 5.74) is 9.54. The van der Waals surface area contributed by atoms with Crippen molar-refractivity contribution in [2.45, 2.75) is 70.6 Å². The van der Waals surface area contributed by atoms with Crippen molar-refractivity contribution in [3.8, 4) is 11.3 Å². The number of ether oxygens (including phenoxy) is 1. The molecule has 1 unspecified atom stereocenters. The number of nitrogens with two attached hydrogens (primary N) is 1. The average Bonchev–Trinajstić information content (AvgIpc) is 3.21. The molecule has 42 heavy (non-hydrogen) atoms. The molecule has 1 aliphatic carbocycles. The topological polar surface area (TPSA) is 140 Å². The molecule has 1 saturated heterocycles. The van der Waals surface area contributed by atoms with Gasteiger partial charge in [0, 0.05) is 30.3 Å². The number of benzene rings is 2. The highest BCUT2D eigenvalue weighted by molar-refractivity contribution is 5.97. The molecule has 0 spiro atoms. The van der Waals surface area contributed by atoms with Crippen molar-refractivity contribution in [3.05, 3.63) is 77.1 Å². The summed E-state index contributed by atoms with van der Waals surface area (Å²) >= 11 is 0. The van der Waals surface area contributed by atoms with E-state index in [1.165, 1.54) is 11.8 Å². The van der Waals surface area contributed by atoms with Gasteiger partial charge in [-0.1, -0.05) is 36.4 Å². The van der Waals surface area contributed by atoms with Gasteiger partial charge in [-0.25, -0.2) is 14.8 Å². The largest absolute Gasteiger partial charge is 0.444 e. The summed E-state index contributed by atoms with van der Waals surface area (Å²) in [6.07, 6.45) is 4.98. The van der Waals surface area contributed by atoms with E-state index >= 15 is 0 Å². The van der Waals surface area contributed by atoms with Crippen LogP contribution in [0.5, 0.6) is 0 Å². The highest BCUT2D eigenvalue weighted by Gasteiger charge is 2.27. The third-order valence-electron chi connectivity index (χ3n) is 7.59. The van der Waals surface area contributed by atoms with E-state index < -0.39 is 11.5 Å². The van der Waals surface area contributed by atoms with E-state index in [-0.39, 0.29) is 35.6 Å². The lowest BCUT2D eigenvalue weighted by Crippen LogP contribution is -2.39. The van der Waals surface area contributed by atoms with Crippen LogP contribution >= 0.6 is 0 Å². The molecule has 2 aromatic carbocycles. The lowest BCUT2D eigenvalue weighted by atomic mass is 10.1. The Balaban J connectivity index is 1.25. The molecule has 3 amide bonds. The Morgan fingerprint density at radius 3 is 2.60 bits per heavy atom. The van der Waals surface area contributed by atoms with Crippen molar-refractivity contribution < 1.29 is 19.1 Å². The molecule has 2 atom stereocenters. The SMILES string of the molecule is CC(C)(C)OC(=O)N1CCCC(NC(=O)c2nc(-c3cccc(C(=O)N[C@H]4CCc5ccccc54)c3)cnc2N)CC1. The number of aromatic nitrogens is 2. The lowest BCUT2D eigenvalue weighted by molar-refractivity contribution is 0.0256. The van der Waals surface area contributed by atoms with Gasteiger partial charge in [0.15, 0.2) is 11.5 Å². The number of nitrogen functional groups attached to an aromatic ring is 1. The van der Waals surface area contributed by atoms with E-state index in [2.05, 4.69) is 32.7 Å². The van der Waals surface area contributed by atoms with Gasteiger partial charge in [-0.3, -0.25) is 9.59 Å². The van der Waals surface area contributed by atoms with Crippen molar-refractivity contribution in [1.29, 1.82) is 0 Å². The first-order valence-electron chi connectivity index (χ1n) is 14.5. The summed E-state index contributed by atoms with van der Waals surface area (Å²) in [5, 5.41) is 6.17. The summed E-state index contributed by atoms with van der Waals surface area (Å²) in [6.45, 7) is 6.56. The molecule has 0 bridgehead atoms. The zero-order chi connectivity index (χ0) is 29.9. The van der Waals surface area contributed by atoms with Crippen LogP contribution in [0.1, 0.15) is 84.5 Å². The van der Waals surface area contributed by atoms with Crippen molar-refractivity contribution in [2.24, 2.45) is 0 Å². The molecule has 10 heteroatoms. The molecule has 5 rings (SSSR count). The normalized spacial score (nSPS) is 18.5. The van der Waals surface area contributed by atoms with E-state index in [9.17, 15) is 14.4 Å². The number of amides is 3. The van der Waals surface area contributed by atoms with Gasteiger partial charge in [-0.15, -0.1) is 0 Å². The van der Waals surface area contributed by atoms with Crippen LogP contribution in [0, 0.1) is 0 Å². The monoisotopic (exact) mass is 570 g/mol. The van der Waals surface area contributed by atoms with Gasteiger partial charge >= 0.3 is 6.09 Å². The van der Waals surface area contributed by atoms with Gasteiger partial charge in [0.1, 0.15) is 5.60 Å². The number of nitrogens with zero attached hydrogens (tertiary/aromatic N) is 3. The maximum Gasteiger partial charge on any atom is 0.410 e. The summed E-state index contributed by atoms with van der Waals surface area (Å²) in [6, 6.07) is 15.1. The van der Waals surface area contributed by atoms with E-state index in [4.69, 9.17) is 10.5 Å². The molecule has 220 valence electrons. The van der Waals surface area contributed by atoms with Crippen LogP contribution in [0.15, 0.2) is 54.7 Å². The Kier molecular flexibility index (Phi) is 8.42. The van der Waals surface area contributed by atoms with Crippen molar-refractivity contribution in [1.82, 2.24) is 25.5 Å². The molecule has 3 aromatic rings. The maximum atomic E-state index is 13.2. The number of hydrogen-bond donors (Lipinski definition) is 3. The molecule has 1 aromatic heterocycles. The predicted octanol–water partition coefficient (Wildman–Crippen LogP) is 4.66. The molecule has 2 aliphatic rings. The van der Waals surface area contributed by atoms with Crippen LogP contribution in [0.2, 0.25) is 0 Å². The third-order valence-corrected chi connectivity index (χ3v) is 7.59. The number of nitrogens with one attached hydrogen (secondary N) is 2. The zero-order valence-electron chi connectivity index (χ0n) is 24.4. The van der Waals surface area contributed by atoms with Crippen LogP contribution in [0.4, 0.5) is 10.6 Å². The van der Waals surface area contributed by atoms with Gasteiger partial charge in [-0.05, 0) is 76.1 Å². The lowest BCUT2D eigenvalue weighted by Gasteiger charge is -2.26. The number of carbonyl (C=O) groups excluding carboxylic acids is 3. The van der Waals surface area contributed by atoms with E-state index in [1.54, 1.807) is 23.1 Å². The van der Waals surface area contributed by atoms with Crippen LogP contribution in [0.3, 0.4) is 0 Å². The summed E-state index contributed by atoms with van der Waals surface area (Å²) in [5.74, 6) is -0.575. The second-order valence-corrected chi connectivity index (χ2v) is 11.9. The highest BCUT2D eigenvalue weighted by Crippen LogP contribution is 2.31. The van der Waals surface area contributed by atoms with Crippen LogP contribution in [-0.4, -0.2) is 57.5 Å². The zero-order valence-corrected chi connectivity index (χ0v) is 24.4. The standard InChI is InChI=1S/C32H38N6O4/c1-32(2,3)42-31(41)38-16-7-11-23(15-17-38)35-30(40)27-28(33)34-19-26(36-27)21-9-6-10-22(18-21)29(39)37-25-14-13-20-8-4-5-12-24(20)25/h4-6,8-10,12,18-19,23,25H,7,11,13-17H2,1-3H3,(H2,33,34)(H,35,40)(H,37,39)/t23?,25-/m0/s1. The minimum atomic E-state index is -0.566. The quantitative estimate of drug-likeness (QED) is 0.405. The molecular formula is C32H38N6O4. The molecule has 1 fully saturated rings. The van der Waals surface area contributed by atoms with E-state index in [1.807, 2.05) is 39.0 Å². The molecule has 2 heterocycles. The van der Waals surface area contributed by atoms with E-state index in [0.717, 1.165) is 24.8 Å². The Bertz CT molecular complexity index is 1480. The van der Waals surface area contributed by atoms with Gasteiger partial charge in [-0.2, -0.15) is 0 Å². The molecular weight excluding hydrogens is 532 g/mol. The Morgan fingerprint density at radius 2 is 1.79 bits per heavy atom. The molecule has 0 radical (unpaired) electrons. The summed E-state index contributed by atoms with van der Waals surface area (Å²) < 4.78 is 5.50. The second-order valence-electron chi connectivity index (χ2n) is 11.9. The minimum Gasteiger partial charge on any atom is -0.444 e. The smallest absolute Gasteiger partial charge is 0.410 e. The first-order valence-corrected chi connectivity index (χ1v) is 14.5. The van der Waals surface area contributed by atoms with Crippen LogP contribution in [-0.2, 0) is 11.2 Å². The molecule has 0 saturated carbocycles. The molecule has 10 nitrogen and oxygen atoms in total. The number of fused-ring (bicyclic) bond motifs is 1.